The van der Waals surface area contributed by atoms with E-state index in [1.165, 1.54) is 55.2 Å². The van der Waals surface area contributed by atoms with Crippen LogP contribution in [0.2, 0.25) is 0 Å². The summed E-state index contributed by atoms with van der Waals surface area (Å²) in [6, 6.07) is 6.01. The fraction of sp³-hybridized carbons (Fsp3) is 0.565. The van der Waals surface area contributed by atoms with Crippen molar-refractivity contribution in [3.63, 3.8) is 0 Å². The quantitative estimate of drug-likeness (QED) is 0.663. The molecule has 4 rings (SSSR count). The lowest BCUT2D eigenvalue weighted by Crippen LogP contribution is -2.37. The number of allylic oxidation sites excluding steroid dienone is 3. The van der Waals surface area contributed by atoms with Gasteiger partial charge in [-0.3, -0.25) is 0 Å². The molecule has 1 aromatic carbocycles. The van der Waals surface area contributed by atoms with Gasteiger partial charge in [0.1, 0.15) is 5.75 Å². The van der Waals surface area contributed by atoms with E-state index in [2.05, 4.69) is 32.6 Å². The van der Waals surface area contributed by atoms with Gasteiger partial charge in [-0.25, -0.2) is 0 Å². The van der Waals surface area contributed by atoms with Crippen molar-refractivity contribution in [2.24, 2.45) is 17.3 Å². The van der Waals surface area contributed by atoms with Crippen LogP contribution in [0.4, 0.5) is 0 Å². The first-order valence-corrected chi connectivity index (χ1v) is 9.74. The Morgan fingerprint density at radius 3 is 2.92 bits per heavy atom. The number of phenols is 1. The minimum Gasteiger partial charge on any atom is -0.508 e. The number of hydrogen-bond donors (Lipinski definition) is 1. The fourth-order valence-electron chi connectivity index (χ4n) is 6.12. The van der Waals surface area contributed by atoms with Crippen molar-refractivity contribution in [1.82, 2.24) is 0 Å². The molecule has 1 heteroatoms. The van der Waals surface area contributed by atoms with Crippen molar-refractivity contribution in [2.75, 3.05) is 0 Å². The van der Waals surface area contributed by atoms with Gasteiger partial charge in [-0.05, 0) is 79.0 Å². The lowest BCUT2D eigenvalue weighted by Gasteiger charge is -2.47. The molecule has 0 bridgehead atoms. The first-order valence-electron chi connectivity index (χ1n) is 9.74. The van der Waals surface area contributed by atoms with Crippen LogP contribution in [0.15, 0.2) is 42.0 Å². The highest BCUT2D eigenvalue weighted by atomic mass is 16.3. The van der Waals surface area contributed by atoms with Crippen LogP contribution in [0.1, 0.15) is 69.4 Å². The molecule has 4 atom stereocenters. The third-order valence-corrected chi connectivity index (χ3v) is 7.24. The van der Waals surface area contributed by atoms with Gasteiger partial charge in [0.25, 0.3) is 0 Å². The van der Waals surface area contributed by atoms with Crippen LogP contribution in [0, 0.1) is 17.3 Å². The molecule has 2 fully saturated rings. The predicted octanol–water partition coefficient (Wildman–Crippen LogP) is 6.14. The molecular formula is C23H30O. The molecule has 1 N–H and O–H groups in total. The summed E-state index contributed by atoms with van der Waals surface area (Å²) >= 11 is 0. The molecule has 0 amide bonds. The van der Waals surface area contributed by atoms with Gasteiger partial charge in [-0.2, -0.15) is 0 Å². The largest absolute Gasteiger partial charge is 0.508 e. The second-order valence-corrected chi connectivity index (χ2v) is 8.48. The Bertz CT molecular complexity index is 698. The van der Waals surface area contributed by atoms with Gasteiger partial charge >= 0.3 is 0 Å². The van der Waals surface area contributed by atoms with E-state index in [0.717, 1.165) is 12.3 Å². The van der Waals surface area contributed by atoms with E-state index in [-0.39, 0.29) is 0 Å². The second-order valence-electron chi connectivity index (χ2n) is 8.48. The zero-order chi connectivity index (χ0) is 16.9. The molecule has 0 aromatic heterocycles. The van der Waals surface area contributed by atoms with Crippen molar-refractivity contribution in [2.45, 2.75) is 64.7 Å². The number of aromatic hydroxyl groups is 1. The molecule has 2 saturated carbocycles. The Hall–Kier alpha value is -1.50. The van der Waals surface area contributed by atoms with Gasteiger partial charge in [0.2, 0.25) is 0 Å². The highest BCUT2D eigenvalue weighted by Gasteiger charge is 2.52. The van der Waals surface area contributed by atoms with Gasteiger partial charge in [-0.1, -0.05) is 50.1 Å². The van der Waals surface area contributed by atoms with Crippen molar-refractivity contribution >= 4 is 0 Å². The minimum absolute atomic E-state index is 0.406. The normalized spacial score (nSPS) is 34.1. The molecule has 4 unspecified atom stereocenters. The van der Waals surface area contributed by atoms with Gasteiger partial charge in [0.05, 0.1) is 0 Å². The molecule has 0 saturated heterocycles. The molecule has 3 aliphatic rings. The maximum absolute atomic E-state index is 9.79. The summed E-state index contributed by atoms with van der Waals surface area (Å²) in [7, 11) is 0. The predicted molar refractivity (Wildman–Crippen MR) is 100 cm³/mol. The van der Waals surface area contributed by atoms with Crippen LogP contribution in [-0.4, -0.2) is 5.11 Å². The van der Waals surface area contributed by atoms with Crippen molar-refractivity contribution in [3.05, 3.63) is 53.1 Å². The van der Waals surface area contributed by atoms with Crippen molar-refractivity contribution < 1.29 is 5.11 Å². The van der Waals surface area contributed by atoms with Crippen LogP contribution < -0.4 is 0 Å². The Morgan fingerprint density at radius 1 is 1.29 bits per heavy atom. The Kier molecular flexibility index (Phi) is 3.86. The summed E-state index contributed by atoms with van der Waals surface area (Å²) in [5.74, 6) is 2.44. The zero-order valence-electron chi connectivity index (χ0n) is 15.1. The van der Waals surface area contributed by atoms with Crippen LogP contribution >= 0.6 is 0 Å². The molecule has 128 valence electrons. The van der Waals surface area contributed by atoms with E-state index in [4.69, 9.17) is 0 Å². The molecular weight excluding hydrogens is 292 g/mol. The standard InChI is InChI=1S/C23H30O/c1-4-5-15(2)21-10-11-22-20-8-6-16-14-17(24)7-9-18(16)19(20)12-13-23(21,22)3/h7-9,14,19,21-22,24H,2,4-6,10-13H2,1,3H3. The van der Waals surface area contributed by atoms with Crippen LogP contribution in [-0.2, 0) is 6.42 Å². The molecule has 24 heavy (non-hydrogen) atoms. The first-order chi connectivity index (χ1) is 11.5. The Labute approximate surface area is 146 Å². The van der Waals surface area contributed by atoms with E-state index < -0.39 is 0 Å². The molecule has 0 spiro atoms. The average Bonchev–Trinajstić information content (AvgIpc) is 2.92. The highest BCUT2D eigenvalue weighted by molar-refractivity contribution is 5.47. The van der Waals surface area contributed by atoms with Crippen molar-refractivity contribution in [3.8, 4) is 5.75 Å². The summed E-state index contributed by atoms with van der Waals surface area (Å²) in [4.78, 5) is 0. The molecule has 0 radical (unpaired) electrons. The highest BCUT2D eigenvalue weighted by Crippen LogP contribution is 2.63. The van der Waals surface area contributed by atoms with Crippen molar-refractivity contribution in [1.29, 1.82) is 0 Å². The number of hydrogen-bond acceptors (Lipinski definition) is 1. The molecule has 0 heterocycles. The summed E-state index contributed by atoms with van der Waals surface area (Å²) in [5, 5.41) is 9.79. The summed E-state index contributed by atoms with van der Waals surface area (Å²) < 4.78 is 0. The first kappa shape index (κ1) is 16.0. The van der Waals surface area contributed by atoms with E-state index in [1.807, 2.05) is 12.1 Å². The maximum Gasteiger partial charge on any atom is 0.115 e. The SMILES string of the molecule is C=C(CCC)C1CCC2C3=CCc4cc(O)ccc4C3CCC12C. The van der Waals surface area contributed by atoms with Crippen LogP contribution in [0.25, 0.3) is 0 Å². The minimum atomic E-state index is 0.406. The lowest BCUT2D eigenvalue weighted by atomic mass is 9.57. The third kappa shape index (κ3) is 2.28. The average molecular weight is 322 g/mol. The number of phenolic OH excluding ortho intramolecular Hbond substituents is 1. The third-order valence-electron chi connectivity index (χ3n) is 7.24. The molecule has 1 aromatic rings. The number of fused-ring (bicyclic) bond motifs is 5. The summed E-state index contributed by atoms with van der Waals surface area (Å²) in [6.45, 7) is 9.28. The number of benzene rings is 1. The molecule has 1 nitrogen and oxygen atoms in total. The Morgan fingerprint density at radius 2 is 2.12 bits per heavy atom. The lowest BCUT2D eigenvalue weighted by molar-refractivity contribution is 0.144. The summed E-state index contributed by atoms with van der Waals surface area (Å²) in [6.07, 6.45) is 11.1. The fourth-order valence-corrected chi connectivity index (χ4v) is 6.12. The second kappa shape index (κ2) is 5.79. The van der Waals surface area contributed by atoms with E-state index in [9.17, 15) is 5.11 Å². The molecule has 0 aliphatic heterocycles. The van der Waals surface area contributed by atoms with E-state index >= 15 is 0 Å². The summed E-state index contributed by atoms with van der Waals surface area (Å²) in [5.41, 5.74) is 6.43. The van der Waals surface area contributed by atoms with Gasteiger partial charge in [0.15, 0.2) is 0 Å². The maximum atomic E-state index is 9.79. The molecule has 3 aliphatic carbocycles. The topological polar surface area (TPSA) is 20.2 Å². The number of rotatable bonds is 3. The van der Waals surface area contributed by atoms with Crippen LogP contribution in [0.5, 0.6) is 5.75 Å². The van der Waals surface area contributed by atoms with E-state index in [1.54, 1.807) is 5.57 Å². The Balaban J connectivity index is 1.66. The van der Waals surface area contributed by atoms with Crippen LogP contribution in [0.3, 0.4) is 0 Å². The van der Waals surface area contributed by atoms with Gasteiger partial charge < -0.3 is 5.11 Å². The van der Waals surface area contributed by atoms with E-state index in [0.29, 0.717) is 23.0 Å². The van der Waals surface area contributed by atoms with Gasteiger partial charge in [0, 0.05) is 5.92 Å². The zero-order valence-corrected chi connectivity index (χ0v) is 15.1. The van der Waals surface area contributed by atoms with Gasteiger partial charge in [-0.15, -0.1) is 0 Å². The monoisotopic (exact) mass is 322 g/mol. The smallest absolute Gasteiger partial charge is 0.115 e.